The first-order chi connectivity index (χ1) is 11.1. The number of fused-ring (bicyclic) bond motifs is 1. The van der Waals surface area contributed by atoms with Crippen molar-refractivity contribution in [3.05, 3.63) is 64.7 Å². The molecule has 2 aromatic rings. The zero-order valence-corrected chi connectivity index (χ0v) is 20.3. The average molecular weight is 468 g/mol. The molecule has 0 aliphatic heterocycles. The Morgan fingerprint density at radius 3 is 2.28 bits per heavy atom. The number of rotatable bonds is 5. The summed E-state index contributed by atoms with van der Waals surface area (Å²) in [6.45, 7) is 9.59. The fourth-order valence-corrected chi connectivity index (χ4v) is 12.3. The minimum absolute atomic E-state index is 0. The molecular weight excluding hydrogens is 442 g/mol. The number of hydrogen-bond donors (Lipinski definition) is 0. The summed E-state index contributed by atoms with van der Waals surface area (Å²) in [5.74, 6) is -0.0510. The van der Waals surface area contributed by atoms with Crippen LogP contribution in [-0.2, 0) is 28.8 Å². The normalized spacial score (nSPS) is 14.9. The fourth-order valence-electron chi connectivity index (χ4n) is 3.42. The van der Waals surface area contributed by atoms with Gasteiger partial charge in [0, 0.05) is 0 Å². The molecule has 1 radical (unpaired) electrons. The molecule has 4 heteroatoms. The maximum atomic E-state index is 2.50. The fraction of sp³-hybridized carbons (Fsp3) is 0.333. The average Bonchev–Trinajstić information content (AvgIpc) is 2.84. The van der Waals surface area contributed by atoms with Crippen LogP contribution in [0, 0.1) is 0 Å². The smallest absolute Gasteiger partial charge is 1.00 e. The van der Waals surface area contributed by atoms with Crippen LogP contribution in [-0.4, -0.2) is 5.92 Å². The van der Waals surface area contributed by atoms with E-state index in [-0.39, 0.29) is 53.1 Å². The van der Waals surface area contributed by atoms with Crippen molar-refractivity contribution in [2.45, 2.75) is 43.4 Å². The molecule has 0 heterocycles. The number of hydrogen-bond acceptors (Lipinski definition) is 0. The van der Waals surface area contributed by atoms with Crippen LogP contribution in [0.25, 0.3) is 17.2 Å². The van der Waals surface area contributed by atoms with Gasteiger partial charge in [-0.1, -0.05) is 0 Å². The van der Waals surface area contributed by atoms with Crippen LogP contribution in [0.15, 0.2) is 48.0 Å². The van der Waals surface area contributed by atoms with Gasteiger partial charge in [-0.05, 0) is 0 Å². The SMILES string of the molecule is CCCc1ccc(-c2cccc3c2C=C(C)[CH]3[Zr+2][Si](C)C)cc1.[Cl-].[Cl-]. The van der Waals surface area contributed by atoms with Gasteiger partial charge in [0.05, 0.1) is 0 Å². The van der Waals surface area contributed by atoms with E-state index in [0.29, 0.717) is 0 Å². The van der Waals surface area contributed by atoms with Crippen molar-refractivity contribution in [3.63, 3.8) is 0 Å². The molecule has 2 aromatic carbocycles. The van der Waals surface area contributed by atoms with E-state index < -0.39 is 0 Å². The maximum absolute atomic E-state index is 2.50. The molecule has 1 atom stereocenters. The molecule has 0 amide bonds. The van der Waals surface area contributed by atoms with Crippen LogP contribution in [0.2, 0.25) is 13.1 Å². The topological polar surface area (TPSA) is 0 Å². The maximum Gasteiger partial charge on any atom is -1.00 e. The van der Waals surface area contributed by atoms with E-state index in [0.717, 1.165) is 3.63 Å². The van der Waals surface area contributed by atoms with Crippen molar-refractivity contribution in [1.29, 1.82) is 0 Å². The Morgan fingerprint density at radius 1 is 1.00 bits per heavy atom. The summed E-state index contributed by atoms with van der Waals surface area (Å²) in [6.07, 6.45) is 4.87. The van der Waals surface area contributed by atoms with Crippen molar-refractivity contribution in [3.8, 4) is 11.1 Å². The van der Waals surface area contributed by atoms with Crippen LogP contribution in [0.5, 0.6) is 0 Å². The molecule has 0 spiro atoms. The molecule has 131 valence electrons. The summed E-state index contributed by atoms with van der Waals surface area (Å²) in [6, 6.07) is 16.2. The molecule has 0 N–H and O–H groups in total. The van der Waals surface area contributed by atoms with E-state index >= 15 is 0 Å². The van der Waals surface area contributed by atoms with E-state index in [4.69, 9.17) is 0 Å². The van der Waals surface area contributed by atoms with E-state index in [2.05, 4.69) is 75.5 Å². The second-order valence-corrected chi connectivity index (χ2v) is 19.9. The predicted molar refractivity (Wildman–Crippen MR) is 99.7 cm³/mol. The number of aryl methyl sites for hydroxylation is 1. The third-order valence-electron chi connectivity index (χ3n) is 4.51. The summed E-state index contributed by atoms with van der Waals surface area (Å²) < 4.78 is 0.816. The Morgan fingerprint density at radius 2 is 1.68 bits per heavy atom. The van der Waals surface area contributed by atoms with Crippen molar-refractivity contribution in [2.75, 3.05) is 0 Å². The largest absolute Gasteiger partial charge is 1.00 e. The molecule has 1 aliphatic rings. The molecule has 1 aliphatic carbocycles. The van der Waals surface area contributed by atoms with Gasteiger partial charge in [0.15, 0.2) is 0 Å². The monoisotopic (exact) mass is 465 g/mol. The standard InChI is InChI=1S/C19H19.C2H6Si.2ClH.Zr/c1-3-5-15-8-10-16(11-9-15)18-7-4-6-17-12-14(2)13-19(17)18;1-3-2;;;/h4,6-13H,3,5H2,1-2H3;1-2H3;2*1H;/q;;;;+2/p-2. The summed E-state index contributed by atoms with van der Waals surface area (Å²) in [5.41, 5.74) is 8.99. The molecule has 0 bridgehead atoms. The molecule has 0 aromatic heterocycles. The Kier molecular flexibility index (Phi) is 9.40. The first-order valence-corrected chi connectivity index (χ1v) is 16.2. The van der Waals surface area contributed by atoms with E-state index in [1.807, 2.05) is 0 Å². The summed E-state index contributed by atoms with van der Waals surface area (Å²) >= 11 is -0.313. The molecule has 0 nitrogen and oxygen atoms in total. The van der Waals surface area contributed by atoms with Gasteiger partial charge >= 0.3 is 154 Å². The first kappa shape index (κ1) is 22.9. The minimum atomic E-state index is -0.313. The number of halogens is 2. The Hall–Kier alpha value is -0.140. The van der Waals surface area contributed by atoms with E-state index in [1.165, 1.54) is 35.1 Å². The molecular formula is C21H25Cl2SiZr. The van der Waals surface area contributed by atoms with Gasteiger partial charge in [-0.2, -0.15) is 0 Å². The Labute approximate surface area is 177 Å². The summed E-state index contributed by atoms with van der Waals surface area (Å²) in [4.78, 5) is 0. The van der Waals surface area contributed by atoms with Gasteiger partial charge in [-0.15, -0.1) is 0 Å². The summed E-state index contributed by atoms with van der Waals surface area (Å²) in [5, 5.41) is 0. The second kappa shape index (κ2) is 10.3. The number of benzene rings is 2. The Bertz CT molecular complexity index is 723. The molecule has 1 unspecified atom stereocenters. The zero-order chi connectivity index (χ0) is 16.4. The van der Waals surface area contributed by atoms with Gasteiger partial charge in [0.2, 0.25) is 0 Å². The molecule has 0 saturated heterocycles. The van der Waals surface area contributed by atoms with Gasteiger partial charge in [0.25, 0.3) is 0 Å². The van der Waals surface area contributed by atoms with Crippen LogP contribution in [0.1, 0.15) is 40.6 Å². The van der Waals surface area contributed by atoms with Crippen molar-refractivity contribution in [2.24, 2.45) is 0 Å². The predicted octanol–water partition coefficient (Wildman–Crippen LogP) is 0.106. The molecule has 0 saturated carbocycles. The quantitative estimate of drug-likeness (QED) is 0.548. The van der Waals surface area contributed by atoms with Gasteiger partial charge in [-0.25, -0.2) is 0 Å². The third-order valence-corrected chi connectivity index (χ3v) is 13.7. The number of allylic oxidation sites excluding steroid dienone is 1. The summed E-state index contributed by atoms with van der Waals surface area (Å²) in [7, 11) is 0. The molecule has 25 heavy (non-hydrogen) atoms. The van der Waals surface area contributed by atoms with Crippen LogP contribution < -0.4 is 24.8 Å². The van der Waals surface area contributed by atoms with Crippen molar-refractivity contribution in [1.82, 2.24) is 0 Å². The zero-order valence-electron chi connectivity index (χ0n) is 15.4. The first-order valence-electron chi connectivity index (χ1n) is 8.57. The van der Waals surface area contributed by atoms with Gasteiger partial charge in [-0.3, -0.25) is 0 Å². The Balaban J connectivity index is 0.00000156. The van der Waals surface area contributed by atoms with Gasteiger partial charge < -0.3 is 24.8 Å². The van der Waals surface area contributed by atoms with Crippen LogP contribution in [0.3, 0.4) is 0 Å². The second-order valence-electron chi connectivity index (χ2n) is 6.72. The van der Waals surface area contributed by atoms with E-state index in [9.17, 15) is 0 Å². The van der Waals surface area contributed by atoms with Crippen molar-refractivity contribution < 1.29 is 47.2 Å². The van der Waals surface area contributed by atoms with Gasteiger partial charge in [0.1, 0.15) is 0 Å². The van der Waals surface area contributed by atoms with Crippen molar-refractivity contribution >= 4 is 12.0 Å². The van der Waals surface area contributed by atoms with E-state index in [1.54, 1.807) is 11.1 Å². The molecule has 3 rings (SSSR count). The minimum Gasteiger partial charge on any atom is -1.00 e. The third kappa shape index (κ3) is 5.19. The van der Waals surface area contributed by atoms with Crippen LogP contribution in [0.4, 0.5) is 0 Å². The van der Waals surface area contributed by atoms with Crippen LogP contribution >= 0.6 is 0 Å². The molecule has 0 fully saturated rings.